The van der Waals surface area contributed by atoms with Crippen LogP contribution in [0.25, 0.3) is 0 Å². The van der Waals surface area contributed by atoms with Crippen LogP contribution in [0.5, 0.6) is 17.2 Å². The van der Waals surface area contributed by atoms with Gasteiger partial charge in [0.25, 0.3) is 0 Å². The fraction of sp³-hybridized carbons (Fsp3) is 0.0500. The van der Waals surface area contributed by atoms with E-state index in [4.69, 9.17) is 14.2 Å². The van der Waals surface area contributed by atoms with Gasteiger partial charge in [-0.15, -0.1) is 0 Å². The van der Waals surface area contributed by atoms with Crippen LogP contribution in [-0.4, -0.2) is 12.3 Å². The number of para-hydroxylation sites is 3. The van der Waals surface area contributed by atoms with Gasteiger partial charge in [0.05, 0.1) is 0 Å². The quantitative estimate of drug-likeness (QED) is 0.390. The molecule has 4 nitrogen and oxygen atoms in total. The van der Waals surface area contributed by atoms with Crippen molar-refractivity contribution in [3.05, 3.63) is 91.0 Å². The highest BCUT2D eigenvalue weighted by Crippen LogP contribution is 2.18. The summed E-state index contributed by atoms with van der Waals surface area (Å²) in [5.74, 6) is 0.835. The van der Waals surface area contributed by atoms with Crippen molar-refractivity contribution < 1.29 is 19.0 Å². The predicted molar refractivity (Wildman–Crippen MR) is 90.0 cm³/mol. The monoisotopic (exact) mass is 320 g/mol. The summed E-state index contributed by atoms with van der Waals surface area (Å²) in [6.07, 6.45) is -1.21. The lowest BCUT2D eigenvalue weighted by atomic mass is 10.3. The Morgan fingerprint density at radius 2 is 0.958 bits per heavy atom. The number of benzene rings is 3. The third-order valence-corrected chi connectivity index (χ3v) is 3.13. The molecule has 4 heteroatoms. The van der Waals surface area contributed by atoms with Gasteiger partial charge >= 0.3 is 12.3 Å². The third-order valence-electron chi connectivity index (χ3n) is 3.13. The summed E-state index contributed by atoms with van der Waals surface area (Å²) in [4.78, 5) is 12.4. The molecule has 0 unspecified atom stereocenters. The van der Waals surface area contributed by atoms with E-state index in [1.54, 1.807) is 48.5 Å². The Morgan fingerprint density at radius 3 is 1.38 bits per heavy atom. The molecule has 0 aromatic heterocycles. The number of carbonyl (C=O) groups excluding carboxylic acids is 1. The lowest BCUT2D eigenvalue weighted by Gasteiger charge is -2.19. The minimum absolute atomic E-state index is 0.431. The summed E-state index contributed by atoms with van der Waals surface area (Å²) in [7, 11) is 0. The first kappa shape index (κ1) is 15.6. The van der Waals surface area contributed by atoms with Crippen molar-refractivity contribution in [2.45, 2.75) is 6.29 Å². The van der Waals surface area contributed by atoms with Crippen molar-refractivity contribution in [3.63, 3.8) is 0 Å². The van der Waals surface area contributed by atoms with Gasteiger partial charge in [0, 0.05) is 0 Å². The Hall–Kier alpha value is -3.27. The molecule has 3 aromatic rings. The second kappa shape index (κ2) is 7.83. The van der Waals surface area contributed by atoms with Crippen LogP contribution in [0, 0.1) is 0 Å². The summed E-state index contributed by atoms with van der Waals surface area (Å²) in [6.45, 7) is 0. The lowest BCUT2D eigenvalue weighted by Crippen LogP contribution is -2.36. The van der Waals surface area contributed by atoms with Crippen LogP contribution in [-0.2, 0) is 4.79 Å². The molecule has 0 atom stereocenters. The van der Waals surface area contributed by atoms with Crippen LogP contribution < -0.4 is 14.2 Å². The molecule has 0 amide bonds. The molecule has 3 aromatic carbocycles. The molecule has 24 heavy (non-hydrogen) atoms. The van der Waals surface area contributed by atoms with Crippen molar-refractivity contribution in [2.24, 2.45) is 0 Å². The van der Waals surface area contributed by atoms with Gasteiger partial charge < -0.3 is 14.2 Å². The molecule has 0 aliphatic heterocycles. The molecule has 0 spiro atoms. The van der Waals surface area contributed by atoms with Crippen LogP contribution in [0.1, 0.15) is 0 Å². The molecule has 0 radical (unpaired) electrons. The molecule has 120 valence electrons. The summed E-state index contributed by atoms with van der Waals surface area (Å²) >= 11 is 0. The number of rotatable bonds is 6. The van der Waals surface area contributed by atoms with Crippen LogP contribution in [0.15, 0.2) is 91.0 Å². The van der Waals surface area contributed by atoms with Crippen molar-refractivity contribution in [2.75, 3.05) is 0 Å². The Balaban J connectivity index is 1.76. The topological polar surface area (TPSA) is 44.8 Å². The molecule has 0 saturated carbocycles. The first-order valence-electron chi connectivity index (χ1n) is 7.51. The molecule has 0 aliphatic rings. The van der Waals surface area contributed by atoms with E-state index in [0.29, 0.717) is 17.2 Å². The zero-order valence-corrected chi connectivity index (χ0v) is 12.9. The second-order valence-corrected chi connectivity index (χ2v) is 4.93. The Labute approximate surface area is 140 Å². The second-order valence-electron chi connectivity index (χ2n) is 4.93. The standard InChI is InChI=1S/C20H16O4/c21-19(22-16-10-4-1-5-11-16)20(23-17-12-6-2-7-13-17)24-18-14-8-3-9-15-18/h1-15,20H. The molecule has 0 heterocycles. The summed E-state index contributed by atoms with van der Waals surface area (Å²) in [6, 6.07) is 26.8. The van der Waals surface area contributed by atoms with Crippen LogP contribution in [0.3, 0.4) is 0 Å². The molecule has 0 bridgehead atoms. The van der Waals surface area contributed by atoms with Crippen molar-refractivity contribution in [1.29, 1.82) is 0 Å². The highest BCUT2D eigenvalue weighted by atomic mass is 16.7. The molecule has 3 rings (SSSR count). The maximum Gasteiger partial charge on any atom is 0.394 e. The minimum Gasteiger partial charge on any atom is -0.445 e. The molecule has 0 saturated heterocycles. The third kappa shape index (κ3) is 4.36. The summed E-state index contributed by atoms with van der Waals surface area (Å²) < 4.78 is 16.6. The first-order valence-corrected chi connectivity index (χ1v) is 7.51. The summed E-state index contributed by atoms with van der Waals surface area (Å²) in [5, 5.41) is 0. The van der Waals surface area contributed by atoms with E-state index >= 15 is 0 Å². The Morgan fingerprint density at radius 1 is 0.583 bits per heavy atom. The SMILES string of the molecule is O=C(Oc1ccccc1)C(Oc1ccccc1)Oc1ccccc1. The Bertz CT molecular complexity index is 716. The van der Waals surface area contributed by atoms with Gasteiger partial charge in [-0.25, -0.2) is 4.79 Å². The van der Waals surface area contributed by atoms with E-state index in [2.05, 4.69) is 0 Å². The fourth-order valence-electron chi connectivity index (χ4n) is 2.02. The van der Waals surface area contributed by atoms with E-state index in [9.17, 15) is 4.79 Å². The maximum atomic E-state index is 12.4. The molecule has 0 fully saturated rings. The van der Waals surface area contributed by atoms with E-state index in [1.807, 2.05) is 42.5 Å². The van der Waals surface area contributed by atoms with Gasteiger partial charge in [-0.3, -0.25) is 0 Å². The molecular formula is C20H16O4. The number of hydrogen-bond donors (Lipinski definition) is 0. The van der Waals surface area contributed by atoms with E-state index in [0.717, 1.165) is 0 Å². The average Bonchev–Trinajstić information content (AvgIpc) is 2.64. The van der Waals surface area contributed by atoms with Crippen molar-refractivity contribution in [1.82, 2.24) is 0 Å². The minimum atomic E-state index is -1.21. The predicted octanol–water partition coefficient (Wildman–Crippen LogP) is 4.08. The number of ether oxygens (including phenoxy) is 3. The zero-order valence-electron chi connectivity index (χ0n) is 12.9. The van der Waals surface area contributed by atoms with E-state index in [1.165, 1.54) is 0 Å². The normalized spacial score (nSPS) is 10.2. The highest BCUT2D eigenvalue weighted by molar-refractivity contribution is 5.76. The van der Waals surface area contributed by atoms with Gasteiger partial charge in [-0.2, -0.15) is 0 Å². The smallest absolute Gasteiger partial charge is 0.394 e. The van der Waals surface area contributed by atoms with Gasteiger partial charge in [0.2, 0.25) is 0 Å². The van der Waals surface area contributed by atoms with E-state index < -0.39 is 12.3 Å². The lowest BCUT2D eigenvalue weighted by molar-refractivity contribution is -0.155. The van der Waals surface area contributed by atoms with Gasteiger partial charge in [-0.05, 0) is 36.4 Å². The molecule has 0 aliphatic carbocycles. The number of carbonyl (C=O) groups is 1. The van der Waals surface area contributed by atoms with Crippen LogP contribution >= 0.6 is 0 Å². The maximum absolute atomic E-state index is 12.4. The number of hydrogen-bond acceptors (Lipinski definition) is 4. The average molecular weight is 320 g/mol. The van der Waals surface area contributed by atoms with Gasteiger partial charge in [0.1, 0.15) is 17.2 Å². The van der Waals surface area contributed by atoms with Crippen molar-refractivity contribution >= 4 is 5.97 Å². The van der Waals surface area contributed by atoms with E-state index in [-0.39, 0.29) is 0 Å². The first-order chi connectivity index (χ1) is 11.8. The largest absolute Gasteiger partial charge is 0.445 e. The summed E-state index contributed by atoms with van der Waals surface area (Å²) in [5.41, 5.74) is 0. The fourth-order valence-corrected chi connectivity index (χ4v) is 2.02. The van der Waals surface area contributed by atoms with Crippen LogP contribution in [0.2, 0.25) is 0 Å². The van der Waals surface area contributed by atoms with Gasteiger partial charge in [-0.1, -0.05) is 54.6 Å². The Kier molecular flexibility index (Phi) is 5.10. The van der Waals surface area contributed by atoms with Crippen LogP contribution in [0.4, 0.5) is 0 Å². The van der Waals surface area contributed by atoms with Crippen molar-refractivity contribution in [3.8, 4) is 17.2 Å². The van der Waals surface area contributed by atoms with Gasteiger partial charge in [0.15, 0.2) is 0 Å². The highest BCUT2D eigenvalue weighted by Gasteiger charge is 2.25. The number of esters is 1. The zero-order chi connectivity index (χ0) is 16.6. The molecular weight excluding hydrogens is 304 g/mol. The molecule has 0 N–H and O–H groups in total.